The van der Waals surface area contributed by atoms with E-state index in [0.717, 1.165) is 0 Å². The lowest BCUT2D eigenvalue weighted by Crippen LogP contribution is -2.39. The molecule has 0 aliphatic rings. The molecule has 0 saturated heterocycles. The normalized spacial score (nSPS) is 12.2. The molecule has 0 aliphatic heterocycles. The Labute approximate surface area is 156 Å². The van der Waals surface area contributed by atoms with Gasteiger partial charge in [0.05, 0.1) is 17.0 Å². The van der Waals surface area contributed by atoms with Crippen molar-refractivity contribution in [2.75, 3.05) is 18.5 Å². The second kappa shape index (κ2) is 9.56. The number of anilines is 1. The first kappa shape index (κ1) is 21.2. The average molecular weight is 413 g/mol. The topological polar surface area (TPSA) is 84.5 Å². The first-order chi connectivity index (χ1) is 11.6. The summed E-state index contributed by atoms with van der Waals surface area (Å²) >= 11 is 3.36. The minimum absolute atomic E-state index is 0.138. The Kier molecular flexibility index (Phi) is 8.09. The SMILES string of the molecule is CCOC(=O)c1cccc(NC(=O)CCNC(=O)C(Br)C(C)(C)C)c1. The van der Waals surface area contributed by atoms with Crippen LogP contribution in [0.2, 0.25) is 0 Å². The van der Waals surface area contributed by atoms with Crippen LogP contribution in [0.3, 0.4) is 0 Å². The number of ether oxygens (including phenoxy) is 1. The number of alkyl halides is 1. The lowest BCUT2D eigenvalue weighted by molar-refractivity contribution is -0.122. The number of amides is 2. The number of hydrogen-bond donors (Lipinski definition) is 2. The quantitative estimate of drug-likeness (QED) is 0.532. The van der Waals surface area contributed by atoms with E-state index >= 15 is 0 Å². The number of hydrogen-bond acceptors (Lipinski definition) is 4. The van der Waals surface area contributed by atoms with Gasteiger partial charge in [0.15, 0.2) is 0 Å². The summed E-state index contributed by atoms with van der Waals surface area (Å²) in [6.45, 7) is 8.12. The molecule has 0 spiro atoms. The van der Waals surface area contributed by atoms with Crippen molar-refractivity contribution < 1.29 is 19.1 Å². The van der Waals surface area contributed by atoms with Gasteiger partial charge in [0.2, 0.25) is 11.8 Å². The van der Waals surface area contributed by atoms with Gasteiger partial charge in [-0.2, -0.15) is 0 Å². The van der Waals surface area contributed by atoms with E-state index in [2.05, 4.69) is 26.6 Å². The molecule has 0 saturated carbocycles. The highest BCUT2D eigenvalue weighted by Gasteiger charge is 2.28. The molecule has 0 radical (unpaired) electrons. The molecule has 1 unspecified atom stereocenters. The fourth-order valence-corrected chi connectivity index (χ4v) is 2.11. The van der Waals surface area contributed by atoms with E-state index in [4.69, 9.17) is 4.74 Å². The second-order valence-electron chi connectivity index (χ2n) is 6.62. The number of carbonyl (C=O) groups excluding carboxylic acids is 3. The van der Waals surface area contributed by atoms with Gasteiger partial charge in [-0.1, -0.05) is 42.8 Å². The van der Waals surface area contributed by atoms with Gasteiger partial charge in [0.1, 0.15) is 0 Å². The van der Waals surface area contributed by atoms with Crippen molar-refractivity contribution in [1.82, 2.24) is 5.32 Å². The Morgan fingerprint density at radius 2 is 1.92 bits per heavy atom. The number of benzene rings is 1. The van der Waals surface area contributed by atoms with E-state index in [1.165, 1.54) is 0 Å². The van der Waals surface area contributed by atoms with Crippen LogP contribution in [0.5, 0.6) is 0 Å². The molecule has 138 valence electrons. The summed E-state index contributed by atoms with van der Waals surface area (Å²) in [5.41, 5.74) is 0.676. The lowest BCUT2D eigenvalue weighted by atomic mass is 9.92. The van der Waals surface area contributed by atoms with Crippen molar-refractivity contribution in [3.8, 4) is 0 Å². The molecule has 2 amide bonds. The molecule has 0 aromatic heterocycles. The first-order valence-electron chi connectivity index (χ1n) is 8.14. The third kappa shape index (κ3) is 7.25. The number of rotatable bonds is 7. The molecule has 0 bridgehead atoms. The van der Waals surface area contributed by atoms with E-state index in [-0.39, 0.29) is 41.6 Å². The van der Waals surface area contributed by atoms with Gasteiger partial charge in [-0.15, -0.1) is 0 Å². The molecule has 2 N–H and O–H groups in total. The number of halogens is 1. The summed E-state index contributed by atoms with van der Waals surface area (Å²) in [6, 6.07) is 6.54. The molecule has 1 aromatic carbocycles. The summed E-state index contributed by atoms with van der Waals surface area (Å²) in [7, 11) is 0. The zero-order valence-corrected chi connectivity index (χ0v) is 16.6. The van der Waals surface area contributed by atoms with E-state index in [1.54, 1.807) is 31.2 Å². The Morgan fingerprint density at radius 1 is 1.24 bits per heavy atom. The number of esters is 1. The van der Waals surface area contributed by atoms with Gasteiger partial charge in [-0.3, -0.25) is 9.59 Å². The van der Waals surface area contributed by atoms with Crippen molar-refractivity contribution >= 4 is 39.4 Å². The highest BCUT2D eigenvalue weighted by atomic mass is 79.9. The Bertz CT molecular complexity index is 626. The Hall–Kier alpha value is -1.89. The van der Waals surface area contributed by atoms with Gasteiger partial charge < -0.3 is 15.4 Å². The molecule has 1 atom stereocenters. The van der Waals surface area contributed by atoms with Crippen LogP contribution in [0, 0.1) is 5.41 Å². The standard InChI is InChI=1S/C18H25BrN2O4/c1-5-25-17(24)12-7-6-8-13(11-12)21-14(22)9-10-20-16(23)15(19)18(2,3)4/h6-8,11,15H,5,9-10H2,1-4H3,(H,20,23)(H,21,22). The maximum Gasteiger partial charge on any atom is 0.338 e. The van der Waals surface area contributed by atoms with Crippen molar-refractivity contribution in [1.29, 1.82) is 0 Å². The Morgan fingerprint density at radius 3 is 2.52 bits per heavy atom. The maximum absolute atomic E-state index is 12.0. The molecule has 0 fully saturated rings. The van der Waals surface area contributed by atoms with Crippen LogP contribution in [0.4, 0.5) is 5.69 Å². The Balaban J connectivity index is 2.49. The van der Waals surface area contributed by atoms with Gasteiger partial charge in [-0.05, 0) is 30.5 Å². The van der Waals surface area contributed by atoms with Crippen molar-refractivity contribution in [3.05, 3.63) is 29.8 Å². The third-order valence-corrected chi connectivity index (χ3v) is 5.09. The van der Waals surface area contributed by atoms with Crippen LogP contribution >= 0.6 is 15.9 Å². The van der Waals surface area contributed by atoms with Gasteiger partial charge >= 0.3 is 5.97 Å². The molecular formula is C18H25BrN2O4. The van der Waals surface area contributed by atoms with Crippen LogP contribution in [-0.4, -0.2) is 35.8 Å². The van der Waals surface area contributed by atoms with E-state index in [0.29, 0.717) is 11.3 Å². The minimum Gasteiger partial charge on any atom is -0.462 e. The van der Waals surface area contributed by atoms with Crippen LogP contribution in [-0.2, 0) is 14.3 Å². The van der Waals surface area contributed by atoms with Crippen LogP contribution < -0.4 is 10.6 Å². The zero-order valence-electron chi connectivity index (χ0n) is 15.0. The predicted molar refractivity (Wildman–Crippen MR) is 101 cm³/mol. The van der Waals surface area contributed by atoms with Gasteiger partial charge in [0.25, 0.3) is 0 Å². The van der Waals surface area contributed by atoms with E-state index < -0.39 is 5.97 Å². The number of carbonyl (C=O) groups is 3. The fourth-order valence-electron chi connectivity index (χ4n) is 1.94. The van der Waals surface area contributed by atoms with Crippen molar-refractivity contribution in [2.45, 2.75) is 38.9 Å². The lowest BCUT2D eigenvalue weighted by Gasteiger charge is -2.24. The molecule has 1 aromatic rings. The molecule has 0 heterocycles. The van der Waals surface area contributed by atoms with E-state index in [1.807, 2.05) is 20.8 Å². The van der Waals surface area contributed by atoms with Crippen LogP contribution in [0.25, 0.3) is 0 Å². The van der Waals surface area contributed by atoms with Crippen LogP contribution in [0.1, 0.15) is 44.5 Å². The number of nitrogens with one attached hydrogen (secondary N) is 2. The van der Waals surface area contributed by atoms with Gasteiger partial charge in [-0.25, -0.2) is 4.79 Å². The van der Waals surface area contributed by atoms with Crippen molar-refractivity contribution in [2.24, 2.45) is 5.41 Å². The third-order valence-electron chi connectivity index (χ3n) is 3.30. The summed E-state index contributed by atoms with van der Waals surface area (Å²) < 4.78 is 4.93. The fraction of sp³-hybridized carbons (Fsp3) is 0.500. The zero-order chi connectivity index (χ0) is 19.0. The monoisotopic (exact) mass is 412 g/mol. The summed E-state index contributed by atoms with van der Waals surface area (Å²) in [4.78, 5) is 35.3. The molecule has 6 nitrogen and oxygen atoms in total. The summed E-state index contributed by atoms with van der Waals surface area (Å²) in [5, 5.41) is 5.43. The minimum atomic E-state index is -0.434. The molecular weight excluding hydrogens is 388 g/mol. The maximum atomic E-state index is 12.0. The van der Waals surface area contributed by atoms with Crippen molar-refractivity contribution in [3.63, 3.8) is 0 Å². The molecule has 1 rings (SSSR count). The summed E-state index contributed by atoms with van der Waals surface area (Å²) in [5.74, 6) is -0.829. The molecule has 7 heteroatoms. The second-order valence-corrected chi connectivity index (χ2v) is 7.53. The summed E-state index contributed by atoms with van der Waals surface area (Å²) in [6.07, 6.45) is 0.138. The highest BCUT2D eigenvalue weighted by Crippen LogP contribution is 2.25. The van der Waals surface area contributed by atoms with E-state index in [9.17, 15) is 14.4 Å². The van der Waals surface area contributed by atoms with Gasteiger partial charge in [0, 0.05) is 18.7 Å². The average Bonchev–Trinajstić information content (AvgIpc) is 2.53. The largest absolute Gasteiger partial charge is 0.462 e. The van der Waals surface area contributed by atoms with Crippen LogP contribution in [0.15, 0.2) is 24.3 Å². The predicted octanol–water partition coefficient (Wildman–Crippen LogP) is 3.12. The molecule has 25 heavy (non-hydrogen) atoms. The first-order valence-corrected chi connectivity index (χ1v) is 9.05. The molecule has 0 aliphatic carbocycles. The smallest absolute Gasteiger partial charge is 0.338 e. The highest BCUT2D eigenvalue weighted by molar-refractivity contribution is 9.10.